The van der Waals surface area contributed by atoms with Crippen molar-refractivity contribution in [1.29, 1.82) is 0 Å². The van der Waals surface area contributed by atoms with Crippen molar-refractivity contribution in [3.63, 3.8) is 0 Å². The number of hydrogen-bond donors (Lipinski definition) is 1. The number of aromatic nitrogens is 4. The molecule has 3 aromatic rings. The molecule has 1 aliphatic carbocycles. The molecule has 1 saturated carbocycles. The van der Waals surface area contributed by atoms with Gasteiger partial charge in [0.1, 0.15) is 17.3 Å². The van der Waals surface area contributed by atoms with Crippen LogP contribution in [0.2, 0.25) is 0 Å². The Bertz CT molecular complexity index is 1050. The van der Waals surface area contributed by atoms with Gasteiger partial charge in [0.05, 0.1) is 7.11 Å². The van der Waals surface area contributed by atoms with Crippen LogP contribution in [-0.4, -0.2) is 37.7 Å². The number of carbonyl (C=O) groups is 1. The summed E-state index contributed by atoms with van der Waals surface area (Å²) in [7, 11) is 1.58. The molecule has 0 unspecified atom stereocenters. The van der Waals surface area contributed by atoms with Crippen molar-refractivity contribution >= 4 is 29.0 Å². The number of methoxy groups -OCH3 is 1. The number of fused-ring (bicyclic) bond motifs is 1. The zero-order chi connectivity index (χ0) is 20.2. The van der Waals surface area contributed by atoms with Crippen molar-refractivity contribution in [3.8, 4) is 5.75 Å². The number of ether oxygens (including phenoxy) is 1. The van der Waals surface area contributed by atoms with E-state index in [1.165, 1.54) is 36.6 Å². The van der Waals surface area contributed by atoms with E-state index in [0.29, 0.717) is 22.3 Å². The second kappa shape index (κ2) is 8.69. The van der Waals surface area contributed by atoms with E-state index in [9.17, 15) is 9.59 Å². The Morgan fingerprint density at radius 3 is 2.62 bits per heavy atom. The molecular formula is C20H23N5O3S. The lowest BCUT2D eigenvalue weighted by molar-refractivity contribution is -0.117. The number of amides is 1. The molecule has 9 heteroatoms. The molecule has 0 atom stereocenters. The Morgan fingerprint density at radius 1 is 1.14 bits per heavy atom. The topological polar surface area (TPSA) is 90.5 Å². The van der Waals surface area contributed by atoms with Crippen molar-refractivity contribution < 1.29 is 9.53 Å². The first kappa shape index (κ1) is 19.5. The van der Waals surface area contributed by atoms with E-state index in [4.69, 9.17) is 4.74 Å². The molecule has 0 spiro atoms. The van der Waals surface area contributed by atoms with Crippen LogP contribution in [0.15, 0.2) is 46.2 Å². The molecule has 1 N–H and O–H groups in total. The summed E-state index contributed by atoms with van der Waals surface area (Å²) in [4.78, 5) is 25.0. The summed E-state index contributed by atoms with van der Waals surface area (Å²) in [5.74, 6) is 0.366. The van der Waals surface area contributed by atoms with Gasteiger partial charge in [0.2, 0.25) is 5.91 Å². The third kappa shape index (κ3) is 4.61. The highest BCUT2D eigenvalue weighted by molar-refractivity contribution is 7.99. The minimum absolute atomic E-state index is 0.181. The van der Waals surface area contributed by atoms with E-state index in [-0.39, 0.29) is 12.5 Å². The number of nitrogens with zero attached hydrogens (tertiary/aromatic N) is 4. The third-order valence-electron chi connectivity index (χ3n) is 4.92. The highest BCUT2D eigenvalue weighted by Crippen LogP contribution is 2.32. The van der Waals surface area contributed by atoms with Crippen LogP contribution >= 0.6 is 11.8 Å². The zero-order valence-corrected chi connectivity index (χ0v) is 17.0. The lowest BCUT2D eigenvalue weighted by Crippen LogP contribution is -2.28. The molecule has 2 heterocycles. The average Bonchev–Trinajstić information content (AvgIpc) is 3.04. The van der Waals surface area contributed by atoms with Crippen LogP contribution in [0.3, 0.4) is 0 Å². The fourth-order valence-corrected chi connectivity index (χ4v) is 4.61. The van der Waals surface area contributed by atoms with Crippen LogP contribution in [0.1, 0.15) is 32.1 Å². The molecule has 4 rings (SSSR count). The molecule has 0 saturated heterocycles. The highest BCUT2D eigenvalue weighted by atomic mass is 32.2. The fraction of sp³-hybridized carbons (Fsp3) is 0.400. The number of thioether (sulfide) groups is 1. The summed E-state index contributed by atoms with van der Waals surface area (Å²) in [5.41, 5.74) is 0.633. The SMILES string of the molecule is COc1ccc(NC(=O)Cn2nc3ccc(SC4CCCCC4)nn3c2=O)cc1. The van der Waals surface area contributed by atoms with Crippen LogP contribution in [0.25, 0.3) is 5.65 Å². The summed E-state index contributed by atoms with van der Waals surface area (Å²) in [6.07, 6.45) is 6.17. The van der Waals surface area contributed by atoms with Gasteiger partial charge in [-0.1, -0.05) is 19.3 Å². The van der Waals surface area contributed by atoms with Crippen molar-refractivity contribution in [2.75, 3.05) is 12.4 Å². The number of carbonyl (C=O) groups excluding carboxylic acids is 1. The number of anilines is 1. The second-order valence-corrected chi connectivity index (χ2v) is 8.36. The van der Waals surface area contributed by atoms with E-state index >= 15 is 0 Å². The Balaban J connectivity index is 1.46. The normalized spacial score (nSPS) is 14.8. The van der Waals surface area contributed by atoms with Crippen LogP contribution in [0.5, 0.6) is 5.75 Å². The van der Waals surface area contributed by atoms with Crippen LogP contribution in [-0.2, 0) is 11.3 Å². The van der Waals surface area contributed by atoms with Gasteiger partial charge >= 0.3 is 5.69 Å². The van der Waals surface area contributed by atoms with Crippen LogP contribution in [0, 0.1) is 0 Å². The fourth-order valence-electron chi connectivity index (χ4n) is 3.42. The van der Waals surface area contributed by atoms with E-state index in [1.54, 1.807) is 49.2 Å². The maximum absolute atomic E-state index is 12.6. The van der Waals surface area contributed by atoms with Crippen molar-refractivity contribution in [1.82, 2.24) is 19.4 Å². The maximum Gasteiger partial charge on any atom is 0.367 e. The molecular weight excluding hydrogens is 390 g/mol. The molecule has 0 bridgehead atoms. The van der Waals surface area contributed by atoms with Gasteiger partial charge in [0, 0.05) is 10.9 Å². The largest absolute Gasteiger partial charge is 0.497 e. The zero-order valence-electron chi connectivity index (χ0n) is 16.2. The molecule has 2 aromatic heterocycles. The number of hydrogen-bond acceptors (Lipinski definition) is 6. The highest BCUT2D eigenvalue weighted by Gasteiger charge is 2.17. The Hall–Kier alpha value is -2.81. The second-order valence-electron chi connectivity index (χ2n) is 7.04. The molecule has 0 radical (unpaired) electrons. The van der Waals surface area contributed by atoms with Gasteiger partial charge in [-0.2, -0.15) is 9.61 Å². The van der Waals surface area contributed by atoms with E-state index < -0.39 is 5.69 Å². The maximum atomic E-state index is 12.6. The Labute approximate surface area is 172 Å². The summed E-state index contributed by atoms with van der Waals surface area (Å²) in [6, 6.07) is 10.6. The molecule has 1 aliphatic rings. The van der Waals surface area contributed by atoms with Crippen LogP contribution < -0.4 is 15.7 Å². The average molecular weight is 414 g/mol. The van der Waals surface area contributed by atoms with E-state index in [2.05, 4.69) is 15.5 Å². The third-order valence-corrected chi connectivity index (χ3v) is 6.19. The lowest BCUT2D eigenvalue weighted by Gasteiger charge is -2.20. The molecule has 1 aromatic carbocycles. The predicted molar refractivity (Wildman–Crippen MR) is 112 cm³/mol. The van der Waals surface area contributed by atoms with E-state index in [1.807, 2.05) is 6.07 Å². The summed E-state index contributed by atoms with van der Waals surface area (Å²) >= 11 is 1.72. The van der Waals surface area contributed by atoms with Gasteiger partial charge in [-0.05, 0) is 49.2 Å². The quantitative estimate of drug-likeness (QED) is 0.668. The van der Waals surface area contributed by atoms with Crippen molar-refractivity contribution in [2.24, 2.45) is 0 Å². The molecule has 152 valence electrons. The van der Waals surface area contributed by atoms with Gasteiger partial charge in [0.25, 0.3) is 0 Å². The van der Waals surface area contributed by atoms with Crippen LogP contribution in [0.4, 0.5) is 5.69 Å². The first-order valence-corrected chi connectivity index (χ1v) is 10.6. The first-order chi connectivity index (χ1) is 14.1. The molecule has 8 nitrogen and oxygen atoms in total. The van der Waals surface area contributed by atoms with Crippen molar-refractivity contribution in [2.45, 2.75) is 48.9 Å². The van der Waals surface area contributed by atoms with Gasteiger partial charge in [-0.3, -0.25) is 4.79 Å². The monoisotopic (exact) mass is 413 g/mol. The minimum Gasteiger partial charge on any atom is -0.497 e. The van der Waals surface area contributed by atoms with Gasteiger partial charge in [0.15, 0.2) is 5.65 Å². The lowest BCUT2D eigenvalue weighted by atomic mass is 10.0. The summed E-state index contributed by atoms with van der Waals surface area (Å²) < 4.78 is 7.50. The minimum atomic E-state index is -0.420. The van der Waals surface area contributed by atoms with Gasteiger partial charge in [-0.15, -0.1) is 16.9 Å². The smallest absolute Gasteiger partial charge is 0.367 e. The predicted octanol–water partition coefficient (Wildman–Crippen LogP) is 2.96. The molecule has 29 heavy (non-hydrogen) atoms. The van der Waals surface area contributed by atoms with Gasteiger partial charge < -0.3 is 10.1 Å². The van der Waals surface area contributed by atoms with Crippen molar-refractivity contribution in [3.05, 3.63) is 46.9 Å². The summed E-state index contributed by atoms with van der Waals surface area (Å²) in [5, 5.41) is 12.8. The Morgan fingerprint density at radius 2 is 1.90 bits per heavy atom. The molecule has 1 amide bonds. The Kier molecular flexibility index (Phi) is 5.84. The molecule has 1 fully saturated rings. The number of benzene rings is 1. The molecule has 0 aliphatic heterocycles. The number of rotatable bonds is 6. The van der Waals surface area contributed by atoms with Gasteiger partial charge in [-0.25, -0.2) is 9.48 Å². The summed E-state index contributed by atoms with van der Waals surface area (Å²) in [6.45, 7) is -0.181. The number of nitrogens with one attached hydrogen (secondary N) is 1. The standard InChI is InChI=1S/C20H23N5O3S/c1-28-15-9-7-14(8-10-15)21-18(26)13-24-20(27)25-17(22-24)11-12-19(23-25)29-16-5-3-2-4-6-16/h7-12,16H,2-6,13H2,1H3,(H,21,26). The van der Waals surface area contributed by atoms with E-state index in [0.717, 1.165) is 9.71 Å². The first-order valence-electron chi connectivity index (χ1n) is 9.70.